The van der Waals surface area contributed by atoms with Crippen molar-refractivity contribution in [3.05, 3.63) is 0 Å². The van der Waals surface area contributed by atoms with Gasteiger partial charge in [-0.05, 0) is 32.1 Å². The maximum absolute atomic E-state index is 6.40. The molecule has 0 radical (unpaired) electrons. The van der Waals surface area contributed by atoms with Crippen molar-refractivity contribution in [3.8, 4) is 0 Å². The molecule has 1 aliphatic heterocycles. The molecule has 16 heavy (non-hydrogen) atoms. The van der Waals surface area contributed by atoms with Crippen LogP contribution in [-0.4, -0.2) is 42.3 Å². The van der Waals surface area contributed by atoms with Gasteiger partial charge in [-0.2, -0.15) is 0 Å². The summed E-state index contributed by atoms with van der Waals surface area (Å²) in [5.41, 5.74) is 6.70. The van der Waals surface area contributed by atoms with E-state index in [1.165, 1.54) is 12.8 Å². The molecule has 0 aromatic carbocycles. The van der Waals surface area contributed by atoms with Crippen molar-refractivity contribution in [2.24, 2.45) is 11.1 Å². The normalized spacial score (nSPS) is 44.8. The summed E-state index contributed by atoms with van der Waals surface area (Å²) >= 11 is 0. The fourth-order valence-corrected chi connectivity index (χ4v) is 3.29. The zero-order valence-corrected chi connectivity index (χ0v) is 11.1. The predicted molar refractivity (Wildman–Crippen MR) is 66.4 cm³/mol. The summed E-state index contributed by atoms with van der Waals surface area (Å²) in [4.78, 5) is 2.55. The third-order valence-corrected chi connectivity index (χ3v) is 4.32. The van der Waals surface area contributed by atoms with E-state index in [1.54, 1.807) is 0 Å². The van der Waals surface area contributed by atoms with Gasteiger partial charge in [0.05, 0.1) is 12.2 Å². The molecular weight excluding hydrogens is 200 g/mol. The van der Waals surface area contributed by atoms with Crippen molar-refractivity contribution in [1.82, 2.24) is 4.90 Å². The highest BCUT2D eigenvalue weighted by Gasteiger charge is 2.43. The third kappa shape index (κ3) is 2.27. The van der Waals surface area contributed by atoms with E-state index in [1.807, 2.05) is 0 Å². The largest absolute Gasteiger partial charge is 0.373 e. The molecule has 0 spiro atoms. The minimum atomic E-state index is 0.301. The van der Waals surface area contributed by atoms with Gasteiger partial charge in [0, 0.05) is 25.2 Å². The van der Waals surface area contributed by atoms with E-state index in [2.05, 4.69) is 32.6 Å². The number of rotatable bonds is 1. The zero-order chi connectivity index (χ0) is 11.9. The topological polar surface area (TPSA) is 38.5 Å². The number of morpholine rings is 1. The lowest BCUT2D eigenvalue weighted by Crippen LogP contribution is -2.55. The molecule has 2 rings (SSSR count). The molecule has 4 atom stereocenters. The van der Waals surface area contributed by atoms with Crippen LogP contribution in [0, 0.1) is 5.41 Å². The Morgan fingerprint density at radius 2 is 1.75 bits per heavy atom. The first-order chi connectivity index (χ1) is 7.40. The fourth-order valence-electron chi connectivity index (χ4n) is 3.29. The van der Waals surface area contributed by atoms with Gasteiger partial charge in [0.15, 0.2) is 0 Å². The maximum Gasteiger partial charge on any atom is 0.0678 e. The third-order valence-electron chi connectivity index (χ3n) is 4.32. The second-order valence-electron chi connectivity index (χ2n) is 6.33. The van der Waals surface area contributed by atoms with Crippen LogP contribution >= 0.6 is 0 Å². The highest BCUT2D eigenvalue weighted by Crippen LogP contribution is 2.39. The lowest BCUT2D eigenvalue weighted by Gasteiger charge is -2.41. The molecule has 1 saturated carbocycles. The van der Waals surface area contributed by atoms with Crippen LogP contribution in [0.4, 0.5) is 0 Å². The fraction of sp³-hybridized carbons (Fsp3) is 1.00. The van der Waals surface area contributed by atoms with Crippen molar-refractivity contribution in [2.75, 3.05) is 13.1 Å². The molecule has 2 aliphatic rings. The molecule has 0 aromatic rings. The van der Waals surface area contributed by atoms with Gasteiger partial charge >= 0.3 is 0 Å². The van der Waals surface area contributed by atoms with Crippen LogP contribution in [0.2, 0.25) is 0 Å². The van der Waals surface area contributed by atoms with Crippen LogP contribution in [0.25, 0.3) is 0 Å². The van der Waals surface area contributed by atoms with Gasteiger partial charge in [-0.3, -0.25) is 4.90 Å². The van der Waals surface area contributed by atoms with Gasteiger partial charge in [-0.25, -0.2) is 0 Å². The number of nitrogens with two attached hydrogens (primary N) is 1. The average molecular weight is 226 g/mol. The first kappa shape index (κ1) is 12.3. The quantitative estimate of drug-likeness (QED) is 0.738. The summed E-state index contributed by atoms with van der Waals surface area (Å²) < 4.78 is 5.78. The number of hydrogen-bond donors (Lipinski definition) is 1. The first-order valence-corrected chi connectivity index (χ1v) is 6.55. The minimum Gasteiger partial charge on any atom is -0.373 e. The highest BCUT2D eigenvalue weighted by molar-refractivity contribution is 5.00. The average Bonchev–Trinajstić information content (AvgIpc) is 2.40. The summed E-state index contributed by atoms with van der Waals surface area (Å²) in [6, 6.07) is 0.869. The SMILES string of the molecule is C[C@@H]1CN(C2CCC(C)(C)C2N)C[C@H](C)O1. The molecule has 2 unspecified atom stereocenters. The first-order valence-electron chi connectivity index (χ1n) is 6.55. The second kappa shape index (κ2) is 4.28. The van der Waals surface area contributed by atoms with E-state index in [9.17, 15) is 0 Å². The molecule has 0 aromatic heterocycles. The Labute approximate surface area is 99.3 Å². The van der Waals surface area contributed by atoms with Crippen LogP contribution in [0.1, 0.15) is 40.5 Å². The van der Waals surface area contributed by atoms with E-state index in [0.717, 1.165) is 13.1 Å². The van der Waals surface area contributed by atoms with Crippen LogP contribution in [-0.2, 0) is 4.74 Å². The second-order valence-corrected chi connectivity index (χ2v) is 6.33. The molecule has 2 fully saturated rings. The van der Waals surface area contributed by atoms with Gasteiger partial charge in [0.1, 0.15) is 0 Å². The van der Waals surface area contributed by atoms with Gasteiger partial charge in [0.25, 0.3) is 0 Å². The van der Waals surface area contributed by atoms with E-state index >= 15 is 0 Å². The van der Waals surface area contributed by atoms with Gasteiger partial charge < -0.3 is 10.5 Å². The lowest BCUT2D eigenvalue weighted by molar-refractivity contribution is -0.0823. The summed E-state index contributed by atoms with van der Waals surface area (Å²) in [6.07, 6.45) is 3.19. The van der Waals surface area contributed by atoms with Crippen LogP contribution in [0.5, 0.6) is 0 Å². The van der Waals surface area contributed by atoms with Crippen LogP contribution in [0.15, 0.2) is 0 Å². The Hall–Kier alpha value is -0.120. The highest BCUT2D eigenvalue weighted by atomic mass is 16.5. The molecule has 2 N–H and O–H groups in total. The Morgan fingerprint density at radius 3 is 2.19 bits per heavy atom. The van der Waals surface area contributed by atoms with Gasteiger partial charge in [-0.15, -0.1) is 0 Å². The molecule has 1 heterocycles. The molecule has 1 saturated heterocycles. The smallest absolute Gasteiger partial charge is 0.0678 e. The van der Waals surface area contributed by atoms with Gasteiger partial charge in [0.2, 0.25) is 0 Å². The van der Waals surface area contributed by atoms with Crippen molar-refractivity contribution in [3.63, 3.8) is 0 Å². The van der Waals surface area contributed by atoms with Crippen LogP contribution < -0.4 is 5.73 Å². The van der Waals surface area contributed by atoms with E-state index < -0.39 is 0 Å². The van der Waals surface area contributed by atoms with Gasteiger partial charge in [-0.1, -0.05) is 13.8 Å². The van der Waals surface area contributed by atoms with Crippen molar-refractivity contribution in [1.29, 1.82) is 0 Å². The van der Waals surface area contributed by atoms with Crippen molar-refractivity contribution in [2.45, 2.75) is 64.8 Å². The Kier molecular flexibility index (Phi) is 3.30. The van der Waals surface area contributed by atoms with E-state index in [-0.39, 0.29) is 0 Å². The molecule has 0 bridgehead atoms. The summed E-state index contributed by atoms with van der Waals surface area (Å²) in [5.74, 6) is 0. The van der Waals surface area contributed by atoms with Crippen LogP contribution in [0.3, 0.4) is 0 Å². The van der Waals surface area contributed by atoms with E-state index in [0.29, 0.717) is 29.7 Å². The summed E-state index contributed by atoms with van der Waals surface area (Å²) in [6.45, 7) is 11.0. The number of hydrogen-bond acceptors (Lipinski definition) is 3. The van der Waals surface area contributed by atoms with Crippen molar-refractivity contribution < 1.29 is 4.74 Å². The summed E-state index contributed by atoms with van der Waals surface area (Å²) in [7, 11) is 0. The zero-order valence-electron chi connectivity index (χ0n) is 11.1. The number of ether oxygens (including phenoxy) is 1. The molecule has 3 nitrogen and oxygen atoms in total. The monoisotopic (exact) mass is 226 g/mol. The van der Waals surface area contributed by atoms with E-state index in [4.69, 9.17) is 10.5 Å². The number of nitrogens with zero attached hydrogens (tertiary/aromatic N) is 1. The molecule has 0 amide bonds. The predicted octanol–water partition coefficient (Wildman–Crippen LogP) is 1.61. The standard InChI is InChI=1S/C13H26N2O/c1-9-7-15(8-10(2)16-9)11-5-6-13(3,4)12(11)14/h9-12H,5-8,14H2,1-4H3/t9-,10+,11?,12?. The minimum absolute atomic E-state index is 0.301. The maximum atomic E-state index is 6.40. The Balaban J connectivity index is 2.03. The molecular formula is C13H26N2O. The lowest BCUT2D eigenvalue weighted by atomic mass is 9.87. The molecule has 94 valence electrons. The van der Waals surface area contributed by atoms with Crippen molar-refractivity contribution >= 4 is 0 Å². The Morgan fingerprint density at radius 1 is 1.19 bits per heavy atom. The molecule has 1 aliphatic carbocycles. The molecule has 3 heteroatoms. The summed E-state index contributed by atoms with van der Waals surface area (Å²) in [5, 5.41) is 0. The Bertz CT molecular complexity index is 244.